The van der Waals surface area contributed by atoms with Crippen LogP contribution in [0.5, 0.6) is 0 Å². The van der Waals surface area contributed by atoms with Crippen LogP contribution in [0.3, 0.4) is 0 Å². The van der Waals surface area contributed by atoms with Gasteiger partial charge in [-0.15, -0.1) is 0 Å². The highest BCUT2D eigenvalue weighted by atomic mass is 35.7. The summed E-state index contributed by atoms with van der Waals surface area (Å²) in [6.45, 7) is 22.0. The molecule has 1 nitrogen and oxygen atoms in total. The normalized spacial score (nSPS) is 12.2. The standard InChI is InChI=1S/C24H52N.C15H30ClP.ClH/c1-5-9-13-17-21-25(22-18-14-10-6-2,23-19-15-11-7-3)24-20-16-12-8-4;1-4-7-10-14(11-8-5-2)13-15(17-16)12-9-6-3;/h5-24H2,1-4H3;13,15,17H,4-12H2,1-3H3;1H/q+1;;/p-1. The Morgan fingerprint density at radius 2 is 0.814 bits per heavy atom. The Morgan fingerprint density at radius 3 is 1.09 bits per heavy atom. The van der Waals surface area contributed by atoms with Crippen LogP contribution in [0.1, 0.15) is 209 Å². The number of nitrogens with zero attached hydrogens (tertiary/aromatic N) is 1. The molecule has 0 aromatic heterocycles. The first kappa shape index (κ1) is 48.1. The zero-order chi connectivity index (χ0) is 31.6. The lowest BCUT2D eigenvalue weighted by molar-refractivity contribution is -0.929. The molecular formula is C39H82Cl2NP. The van der Waals surface area contributed by atoms with Gasteiger partial charge >= 0.3 is 0 Å². The van der Waals surface area contributed by atoms with E-state index in [1.54, 1.807) is 5.57 Å². The molecule has 0 aromatic carbocycles. The topological polar surface area (TPSA) is 0 Å². The van der Waals surface area contributed by atoms with Crippen LogP contribution in [-0.2, 0) is 0 Å². The molecule has 262 valence electrons. The molecule has 43 heavy (non-hydrogen) atoms. The molecule has 0 aliphatic carbocycles. The second-order valence-electron chi connectivity index (χ2n) is 13.4. The number of quaternary nitrogens is 1. The summed E-state index contributed by atoms with van der Waals surface area (Å²) in [6, 6.07) is 0. The highest BCUT2D eigenvalue weighted by Crippen LogP contribution is 2.31. The maximum atomic E-state index is 6.10. The van der Waals surface area contributed by atoms with E-state index in [9.17, 15) is 0 Å². The van der Waals surface area contributed by atoms with Crippen LogP contribution in [0.2, 0.25) is 0 Å². The number of allylic oxidation sites excluding steroid dienone is 2. The van der Waals surface area contributed by atoms with Crippen LogP contribution >= 0.6 is 19.2 Å². The molecule has 0 saturated carbocycles. The third kappa shape index (κ3) is 32.4. The van der Waals surface area contributed by atoms with Crippen LogP contribution in [0, 0.1) is 0 Å². The van der Waals surface area contributed by atoms with Crippen molar-refractivity contribution in [3.05, 3.63) is 11.6 Å². The van der Waals surface area contributed by atoms with Crippen LogP contribution in [0.15, 0.2) is 11.6 Å². The molecule has 0 heterocycles. The van der Waals surface area contributed by atoms with Gasteiger partial charge in [-0.3, -0.25) is 0 Å². The Balaban J connectivity index is -0.000000779. The summed E-state index contributed by atoms with van der Waals surface area (Å²) in [5.41, 5.74) is 2.31. The summed E-state index contributed by atoms with van der Waals surface area (Å²) in [6.07, 6.45) is 37.1. The summed E-state index contributed by atoms with van der Waals surface area (Å²) in [4.78, 5) is 0. The molecule has 0 N–H and O–H groups in total. The molecule has 0 bridgehead atoms. The quantitative estimate of drug-likeness (QED) is 0.0299. The van der Waals surface area contributed by atoms with E-state index >= 15 is 0 Å². The first-order valence-corrected chi connectivity index (χ1v) is 21.5. The summed E-state index contributed by atoms with van der Waals surface area (Å²) in [5.74, 6) is 0. The highest BCUT2D eigenvalue weighted by molar-refractivity contribution is 7.69. The average Bonchev–Trinajstić information content (AvgIpc) is 3.01. The van der Waals surface area contributed by atoms with Gasteiger partial charge in [-0.05, 0) is 91.4 Å². The van der Waals surface area contributed by atoms with E-state index in [0.717, 1.165) is 0 Å². The van der Waals surface area contributed by atoms with Crippen molar-refractivity contribution in [3.8, 4) is 0 Å². The van der Waals surface area contributed by atoms with Gasteiger partial charge in [0.1, 0.15) is 0 Å². The lowest BCUT2D eigenvalue weighted by atomic mass is 10.0. The van der Waals surface area contributed by atoms with Gasteiger partial charge in [0.15, 0.2) is 0 Å². The lowest BCUT2D eigenvalue weighted by Gasteiger charge is -2.39. The maximum Gasteiger partial charge on any atom is 0.0786 e. The molecule has 4 heteroatoms. The molecule has 2 atom stereocenters. The SMILES string of the molecule is CCCCC(=CC(CCCC)PCl)CCCC.CCCCCC[N+](CCCCCC)(CCCCCC)CCCCCC.[Cl-]. The minimum absolute atomic E-state index is 0. The van der Waals surface area contributed by atoms with E-state index in [0.29, 0.717) is 13.6 Å². The van der Waals surface area contributed by atoms with E-state index < -0.39 is 0 Å². The second kappa shape index (κ2) is 38.9. The van der Waals surface area contributed by atoms with Crippen LogP contribution in [-0.4, -0.2) is 36.3 Å². The molecule has 0 aliphatic rings. The molecule has 2 unspecified atom stereocenters. The molecule has 0 spiro atoms. The number of hydrogen-bond donors (Lipinski definition) is 0. The first-order valence-electron chi connectivity index (χ1n) is 19.4. The molecule has 0 rings (SSSR count). The third-order valence-electron chi connectivity index (χ3n) is 9.09. The molecule has 0 saturated heterocycles. The Labute approximate surface area is 287 Å². The van der Waals surface area contributed by atoms with E-state index in [2.05, 4.69) is 54.5 Å². The number of halogens is 2. The fourth-order valence-electron chi connectivity index (χ4n) is 6.14. The van der Waals surface area contributed by atoms with E-state index in [4.69, 9.17) is 11.2 Å². The fourth-order valence-corrected chi connectivity index (χ4v) is 7.27. The molecular weight excluding hydrogens is 584 g/mol. The first-order chi connectivity index (χ1) is 20.5. The molecule has 0 aliphatic heterocycles. The summed E-state index contributed by atoms with van der Waals surface area (Å²) >= 11 is 6.10. The largest absolute Gasteiger partial charge is 1.00 e. The number of unbranched alkanes of at least 4 members (excludes halogenated alkanes) is 15. The van der Waals surface area contributed by atoms with Gasteiger partial charge in [0.25, 0.3) is 0 Å². The third-order valence-corrected chi connectivity index (χ3v) is 10.7. The lowest BCUT2D eigenvalue weighted by Crippen LogP contribution is -3.00. The fraction of sp³-hybridized carbons (Fsp3) is 0.949. The summed E-state index contributed by atoms with van der Waals surface area (Å²) in [5, 5.41) is 0. The molecule has 0 aromatic rings. The molecule has 0 radical (unpaired) electrons. The van der Waals surface area contributed by atoms with Crippen molar-refractivity contribution in [2.24, 2.45) is 0 Å². The number of rotatable bonds is 31. The minimum Gasteiger partial charge on any atom is -1.00 e. The van der Waals surface area contributed by atoms with Gasteiger partial charge in [-0.2, -0.15) is 0 Å². The van der Waals surface area contributed by atoms with Crippen molar-refractivity contribution in [1.82, 2.24) is 0 Å². The van der Waals surface area contributed by atoms with E-state index in [-0.39, 0.29) is 12.4 Å². The molecule has 0 fully saturated rings. The van der Waals surface area contributed by atoms with Gasteiger partial charge in [-0.1, -0.05) is 148 Å². The maximum absolute atomic E-state index is 6.10. The van der Waals surface area contributed by atoms with Crippen LogP contribution in [0.25, 0.3) is 0 Å². The van der Waals surface area contributed by atoms with E-state index in [1.165, 1.54) is 191 Å². The van der Waals surface area contributed by atoms with Gasteiger partial charge < -0.3 is 16.9 Å². The Kier molecular flexibility index (Phi) is 43.5. The van der Waals surface area contributed by atoms with Crippen molar-refractivity contribution in [1.29, 1.82) is 0 Å². The van der Waals surface area contributed by atoms with Crippen molar-refractivity contribution >= 4 is 19.2 Å². The van der Waals surface area contributed by atoms with Crippen molar-refractivity contribution in [2.45, 2.75) is 215 Å². The monoisotopic (exact) mass is 666 g/mol. The van der Waals surface area contributed by atoms with Crippen molar-refractivity contribution < 1.29 is 16.9 Å². The Bertz CT molecular complexity index is 476. The summed E-state index contributed by atoms with van der Waals surface area (Å²) in [7, 11) is 0.558. The zero-order valence-corrected chi connectivity index (χ0v) is 33.4. The Hall–Kier alpha value is 0.710. The summed E-state index contributed by atoms with van der Waals surface area (Å²) < 4.78 is 1.46. The van der Waals surface area contributed by atoms with E-state index in [1.807, 2.05) is 0 Å². The average molecular weight is 667 g/mol. The Morgan fingerprint density at radius 1 is 0.488 bits per heavy atom. The van der Waals surface area contributed by atoms with Gasteiger partial charge in [0, 0.05) is 5.66 Å². The molecule has 0 amide bonds. The van der Waals surface area contributed by atoms with Crippen LogP contribution < -0.4 is 12.4 Å². The van der Waals surface area contributed by atoms with Crippen molar-refractivity contribution in [2.75, 3.05) is 26.2 Å². The van der Waals surface area contributed by atoms with Gasteiger partial charge in [-0.25, -0.2) is 0 Å². The smallest absolute Gasteiger partial charge is 0.0786 e. The van der Waals surface area contributed by atoms with Crippen LogP contribution in [0.4, 0.5) is 0 Å². The van der Waals surface area contributed by atoms with Gasteiger partial charge in [0.2, 0.25) is 0 Å². The predicted molar refractivity (Wildman–Crippen MR) is 201 cm³/mol. The second-order valence-corrected chi connectivity index (χ2v) is 15.0. The van der Waals surface area contributed by atoms with Crippen molar-refractivity contribution in [3.63, 3.8) is 0 Å². The zero-order valence-electron chi connectivity index (χ0n) is 30.9. The number of hydrogen-bond acceptors (Lipinski definition) is 0. The highest BCUT2D eigenvalue weighted by Gasteiger charge is 2.25. The minimum atomic E-state index is 0. The van der Waals surface area contributed by atoms with Gasteiger partial charge in [0.05, 0.1) is 26.2 Å². The predicted octanol–water partition coefficient (Wildman–Crippen LogP) is 11.8.